The number of hydrogen-bond donors (Lipinski definition) is 2. The molecule has 3 N–H and O–H groups in total. The SMILES string of the molecule is CC(CCN)C(=O)N1CCOCC1CO. The van der Waals surface area contributed by atoms with Crippen molar-refractivity contribution in [2.75, 3.05) is 32.9 Å². The highest BCUT2D eigenvalue weighted by Crippen LogP contribution is 2.13. The summed E-state index contributed by atoms with van der Waals surface area (Å²) in [5.74, 6) is 0.00458. The second-order valence-electron chi connectivity index (χ2n) is 3.92. The van der Waals surface area contributed by atoms with Crippen LogP contribution in [0.4, 0.5) is 0 Å². The molecule has 1 saturated heterocycles. The molecule has 0 aromatic heterocycles. The van der Waals surface area contributed by atoms with E-state index in [9.17, 15) is 4.79 Å². The summed E-state index contributed by atoms with van der Waals surface area (Å²) >= 11 is 0. The van der Waals surface area contributed by atoms with Crippen LogP contribution in [0.5, 0.6) is 0 Å². The van der Waals surface area contributed by atoms with Gasteiger partial charge in [0.15, 0.2) is 0 Å². The molecule has 5 nitrogen and oxygen atoms in total. The van der Waals surface area contributed by atoms with Gasteiger partial charge in [0.05, 0.1) is 25.9 Å². The highest BCUT2D eigenvalue weighted by Gasteiger charge is 2.29. The highest BCUT2D eigenvalue weighted by atomic mass is 16.5. The Hall–Kier alpha value is -0.650. The molecule has 1 aliphatic heterocycles. The number of nitrogens with two attached hydrogens (primary N) is 1. The summed E-state index contributed by atoms with van der Waals surface area (Å²) in [7, 11) is 0. The van der Waals surface area contributed by atoms with E-state index in [1.54, 1.807) is 4.90 Å². The molecule has 1 aliphatic rings. The third-order valence-electron chi connectivity index (χ3n) is 2.74. The quantitative estimate of drug-likeness (QED) is 0.644. The third kappa shape index (κ3) is 3.15. The molecule has 0 saturated carbocycles. The molecule has 2 unspecified atom stereocenters. The summed E-state index contributed by atoms with van der Waals surface area (Å²) in [6.07, 6.45) is 0.689. The Kier molecular flexibility index (Phi) is 5.01. The van der Waals surface area contributed by atoms with Crippen molar-refractivity contribution in [3.8, 4) is 0 Å². The van der Waals surface area contributed by atoms with Crippen molar-refractivity contribution >= 4 is 5.91 Å². The first kappa shape index (κ1) is 12.4. The van der Waals surface area contributed by atoms with Crippen LogP contribution in [-0.4, -0.2) is 54.9 Å². The molecule has 1 rings (SSSR count). The lowest BCUT2D eigenvalue weighted by molar-refractivity contribution is -0.145. The monoisotopic (exact) mass is 216 g/mol. The molecular weight excluding hydrogens is 196 g/mol. The smallest absolute Gasteiger partial charge is 0.225 e. The predicted molar refractivity (Wildman–Crippen MR) is 56.2 cm³/mol. The van der Waals surface area contributed by atoms with Gasteiger partial charge in [0.1, 0.15) is 0 Å². The molecule has 0 aliphatic carbocycles. The van der Waals surface area contributed by atoms with Gasteiger partial charge < -0.3 is 20.5 Å². The van der Waals surface area contributed by atoms with Gasteiger partial charge in [0.25, 0.3) is 0 Å². The molecule has 1 fully saturated rings. The van der Waals surface area contributed by atoms with Gasteiger partial charge >= 0.3 is 0 Å². The first-order valence-corrected chi connectivity index (χ1v) is 5.39. The van der Waals surface area contributed by atoms with Gasteiger partial charge in [0, 0.05) is 12.5 Å². The van der Waals surface area contributed by atoms with Gasteiger partial charge in [-0.25, -0.2) is 0 Å². The van der Waals surface area contributed by atoms with E-state index in [4.69, 9.17) is 15.6 Å². The minimum Gasteiger partial charge on any atom is -0.394 e. The van der Waals surface area contributed by atoms with E-state index in [1.165, 1.54) is 0 Å². The number of carbonyl (C=O) groups excluding carboxylic acids is 1. The Morgan fingerprint density at radius 3 is 3.07 bits per heavy atom. The zero-order valence-corrected chi connectivity index (χ0v) is 9.19. The van der Waals surface area contributed by atoms with Crippen molar-refractivity contribution < 1.29 is 14.6 Å². The van der Waals surface area contributed by atoms with Crippen LogP contribution in [0, 0.1) is 5.92 Å². The van der Waals surface area contributed by atoms with Gasteiger partial charge in [-0.2, -0.15) is 0 Å². The maximum Gasteiger partial charge on any atom is 0.225 e. The summed E-state index contributed by atoms with van der Waals surface area (Å²) in [5.41, 5.74) is 5.42. The molecule has 0 bridgehead atoms. The maximum absolute atomic E-state index is 12.0. The zero-order valence-electron chi connectivity index (χ0n) is 9.19. The van der Waals surface area contributed by atoms with Gasteiger partial charge in [-0.05, 0) is 13.0 Å². The third-order valence-corrected chi connectivity index (χ3v) is 2.74. The Morgan fingerprint density at radius 2 is 2.47 bits per heavy atom. The molecule has 1 amide bonds. The van der Waals surface area contributed by atoms with E-state index >= 15 is 0 Å². The van der Waals surface area contributed by atoms with Crippen LogP contribution in [0.25, 0.3) is 0 Å². The second-order valence-corrected chi connectivity index (χ2v) is 3.92. The molecule has 88 valence electrons. The standard InChI is InChI=1S/C10H20N2O3/c1-8(2-3-11)10(14)12-4-5-15-7-9(12)6-13/h8-9,13H,2-7,11H2,1H3. The fourth-order valence-electron chi connectivity index (χ4n) is 1.75. The number of carbonyl (C=O) groups is 1. The number of hydrogen-bond acceptors (Lipinski definition) is 4. The number of aliphatic hydroxyl groups excluding tert-OH is 1. The minimum atomic E-state index is -0.188. The predicted octanol–water partition coefficient (Wildman–Crippen LogP) is -0.809. The fourth-order valence-corrected chi connectivity index (χ4v) is 1.75. The van der Waals surface area contributed by atoms with E-state index in [2.05, 4.69) is 0 Å². The maximum atomic E-state index is 12.0. The lowest BCUT2D eigenvalue weighted by Crippen LogP contribution is -2.52. The Bertz CT molecular complexity index is 211. The largest absolute Gasteiger partial charge is 0.394 e. The summed E-state index contributed by atoms with van der Waals surface area (Å²) in [6.45, 7) is 3.90. The van der Waals surface area contributed by atoms with Crippen LogP contribution in [-0.2, 0) is 9.53 Å². The Balaban J connectivity index is 2.55. The molecule has 15 heavy (non-hydrogen) atoms. The van der Waals surface area contributed by atoms with Crippen molar-refractivity contribution in [1.82, 2.24) is 4.90 Å². The lowest BCUT2D eigenvalue weighted by atomic mass is 10.0. The molecule has 1 heterocycles. The molecule has 0 aromatic rings. The van der Waals surface area contributed by atoms with E-state index in [1.807, 2.05) is 6.92 Å². The summed E-state index contributed by atoms with van der Waals surface area (Å²) in [6, 6.07) is -0.188. The molecule has 5 heteroatoms. The zero-order chi connectivity index (χ0) is 11.3. The van der Waals surface area contributed by atoms with E-state index in [0.717, 1.165) is 0 Å². The summed E-state index contributed by atoms with van der Waals surface area (Å²) in [5, 5.41) is 9.12. The number of amides is 1. The van der Waals surface area contributed by atoms with Crippen molar-refractivity contribution in [2.45, 2.75) is 19.4 Å². The van der Waals surface area contributed by atoms with Gasteiger partial charge in [-0.3, -0.25) is 4.79 Å². The van der Waals surface area contributed by atoms with E-state index in [0.29, 0.717) is 32.7 Å². The lowest BCUT2D eigenvalue weighted by Gasteiger charge is -2.36. The summed E-state index contributed by atoms with van der Waals surface area (Å²) < 4.78 is 5.21. The normalized spacial score (nSPS) is 23.9. The van der Waals surface area contributed by atoms with Crippen LogP contribution in [0.15, 0.2) is 0 Å². The molecular formula is C10H20N2O3. The van der Waals surface area contributed by atoms with Crippen LogP contribution < -0.4 is 5.73 Å². The van der Waals surface area contributed by atoms with E-state index in [-0.39, 0.29) is 24.5 Å². The van der Waals surface area contributed by atoms with Crippen LogP contribution >= 0.6 is 0 Å². The fraction of sp³-hybridized carbons (Fsp3) is 0.900. The molecule has 0 aromatic carbocycles. The number of rotatable bonds is 4. The van der Waals surface area contributed by atoms with Crippen LogP contribution in [0.1, 0.15) is 13.3 Å². The number of aliphatic hydroxyl groups is 1. The van der Waals surface area contributed by atoms with Gasteiger partial charge in [0.2, 0.25) is 5.91 Å². The number of nitrogens with zero attached hydrogens (tertiary/aromatic N) is 1. The molecule has 2 atom stereocenters. The Labute approximate surface area is 90.2 Å². The van der Waals surface area contributed by atoms with Crippen LogP contribution in [0.2, 0.25) is 0 Å². The number of morpholine rings is 1. The van der Waals surface area contributed by atoms with Gasteiger partial charge in [-0.1, -0.05) is 6.92 Å². The number of ether oxygens (including phenoxy) is 1. The first-order chi connectivity index (χ1) is 7.20. The van der Waals surface area contributed by atoms with Crippen molar-refractivity contribution in [1.29, 1.82) is 0 Å². The average molecular weight is 216 g/mol. The van der Waals surface area contributed by atoms with Crippen molar-refractivity contribution in [3.63, 3.8) is 0 Å². The van der Waals surface area contributed by atoms with Crippen molar-refractivity contribution in [2.24, 2.45) is 11.7 Å². The van der Waals surface area contributed by atoms with Crippen molar-refractivity contribution in [3.05, 3.63) is 0 Å². The topological polar surface area (TPSA) is 75.8 Å². The Morgan fingerprint density at radius 1 is 1.73 bits per heavy atom. The molecule has 0 radical (unpaired) electrons. The first-order valence-electron chi connectivity index (χ1n) is 5.39. The van der Waals surface area contributed by atoms with E-state index < -0.39 is 0 Å². The van der Waals surface area contributed by atoms with Crippen LogP contribution in [0.3, 0.4) is 0 Å². The minimum absolute atomic E-state index is 0.0406. The average Bonchev–Trinajstić information content (AvgIpc) is 2.28. The summed E-state index contributed by atoms with van der Waals surface area (Å²) in [4.78, 5) is 13.7. The highest BCUT2D eigenvalue weighted by molar-refractivity contribution is 5.79. The second kappa shape index (κ2) is 6.05. The van der Waals surface area contributed by atoms with Gasteiger partial charge in [-0.15, -0.1) is 0 Å². The molecule has 0 spiro atoms.